The summed E-state index contributed by atoms with van der Waals surface area (Å²) in [5, 5.41) is 15.0. The SMILES string of the molecule is O=C(O)c1cccc(NC(=S)N[C@@H]2CCS(=O)(=O)C2)c1. The fourth-order valence-corrected chi connectivity index (χ4v) is 3.95. The number of sulfone groups is 1. The van der Waals surface area contributed by atoms with E-state index in [9.17, 15) is 13.2 Å². The van der Waals surface area contributed by atoms with Gasteiger partial charge in [0.2, 0.25) is 0 Å². The van der Waals surface area contributed by atoms with Crippen molar-refractivity contribution in [3.05, 3.63) is 29.8 Å². The molecular formula is C12H14N2O4S2. The molecule has 8 heteroatoms. The van der Waals surface area contributed by atoms with Crippen molar-refractivity contribution in [1.82, 2.24) is 5.32 Å². The summed E-state index contributed by atoms with van der Waals surface area (Å²) in [5.74, 6) is -0.777. The monoisotopic (exact) mass is 314 g/mol. The number of thiocarbonyl (C=S) groups is 1. The van der Waals surface area contributed by atoms with Crippen LogP contribution in [0.4, 0.5) is 5.69 Å². The first-order chi connectivity index (χ1) is 9.35. The average molecular weight is 314 g/mol. The number of nitrogens with one attached hydrogen (secondary N) is 2. The molecular weight excluding hydrogens is 300 g/mol. The predicted molar refractivity (Wildman–Crippen MR) is 79.8 cm³/mol. The molecule has 1 fully saturated rings. The number of anilines is 1. The quantitative estimate of drug-likeness (QED) is 0.712. The molecule has 108 valence electrons. The fraction of sp³-hybridized carbons (Fsp3) is 0.333. The van der Waals surface area contributed by atoms with Gasteiger partial charge in [-0.05, 0) is 36.8 Å². The van der Waals surface area contributed by atoms with Crippen LogP contribution in [0.1, 0.15) is 16.8 Å². The molecule has 3 N–H and O–H groups in total. The summed E-state index contributed by atoms with van der Waals surface area (Å²) >= 11 is 5.09. The standard InChI is InChI=1S/C12H14N2O4S2/c15-11(16)8-2-1-3-9(6-8)13-12(19)14-10-4-5-20(17,18)7-10/h1-3,6,10H,4-5,7H2,(H,15,16)(H2,13,14,19)/t10-/m1/s1. The number of hydrogen-bond donors (Lipinski definition) is 3. The summed E-state index contributed by atoms with van der Waals surface area (Å²) in [4.78, 5) is 10.8. The molecule has 1 aromatic rings. The number of carboxylic acids is 1. The van der Waals surface area contributed by atoms with E-state index in [1.165, 1.54) is 12.1 Å². The summed E-state index contributed by atoms with van der Waals surface area (Å²) in [7, 11) is -2.96. The van der Waals surface area contributed by atoms with Crippen LogP contribution in [-0.4, -0.2) is 42.2 Å². The van der Waals surface area contributed by atoms with Gasteiger partial charge >= 0.3 is 5.97 Å². The summed E-state index contributed by atoms with van der Waals surface area (Å²) in [6.07, 6.45) is 0.527. The predicted octanol–water partition coefficient (Wildman–Crippen LogP) is 0.858. The molecule has 2 rings (SSSR count). The summed E-state index contributed by atoms with van der Waals surface area (Å²) in [5.41, 5.74) is 0.699. The minimum Gasteiger partial charge on any atom is -0.478 e. The Morgan fingerprint density at radius 2 is 2.15 bits per heavy atom. The number of carbonyl (C=O) groups is 1. The third-order valence-electron chi connectivity index (χ3n) is 2.94. The van der Waals surface area contributed by atoms with Gasteiger partial charge in [-0.2, -0.15) is 0 Å². The average Bonchev–Trinajstić information content (AvgIpc) is 2.68. The zero-order valence-electron chi connectivity index (χ0n) is 10.5. The van der Waals surface area contributed by atoms with Gasteiger partial charge in [0.15, 0.2) is 14.9 Å². The molecule has 6 nitrogen and oxygen atoms in total. The lowest BCUT2D eigenvalue weighted by molar-refractivity contribution is 0.0697. The molecule has 0 aliphatic carbocycles. The van der Waals surface area contributed by atoms with Crippen molar-refractivity contribution in [3.8, 4) is 0 Å². The Bertz CT molecular complexity index is 643. The van der Waals surface area contributed by atoms with Crippen LogP contribution < -0.4 is 10.6 Å². The van der Waals surface area contributed by atoms with Gasteiger partial charge in [0.25, 0.3) is 0 Å². The molecule has 1 aliphatic rings. The molecule has 20 heavy (non-hydrogen) atoms. The second kappa shape index (κ2) is 5.76. The molecule has 0 radical (unpaired) electrons. The molecule has 1 saturated heterocycles. The van der Waals surface area contributed by atoms with Crippen molar-refractivity contribution in [2.75, 3.05) is 16.8 Å². The van der Waals surface area contributed by atoms with E-state index in [0.29, 0.717) is 12.1 Å². The van der Waals surface area contributed by atoms with Crippen LogP contribution in [0.25, 0.3) is 0 Å². The molecule has 0 aromatic heterocycles. The molecule has 1 aromatic carbocycles. The molecule has 0 saturated carbocycles. The van der Waals surface area contributed by atoms with Crippen molar-refractivity contribution in [3.63, 3.8) is 0 Å². The highest BCUT2D eigenvalue weighted by Crippen LogP contribution is 2.13. The minimum absolute atomic E-state index is 0.0734. The van der Waals surface area contributed by atoms with Crippen molar-refractivity contribution in [2.24, 2.45) is 0 Å². The van der Waals surface area contributed by atoms with Crippen LogP contribution in [0.3, 0.4) is 0 Å². The first-order valence-electron chi connectivity index (χ1n) is 5.97. The third kappa shape index (κ3) is 3.91. The van der Waals surface area contributed by atoms with E-state index in [0.717, 1.165) is 0 Å². The van der Waals surface area contributed by atoms with Crippen LogP contribution in [0.15, 0.2) is 24.3 Å². The molecule has 0 spiro atoms. The summed E-state index contributed by atoms with van der Waals surface area (Å²) < 4.78 is 22.7. The van der Waals surface area contributed by atoms with Gasteiger partial charge in [-0.25, -0.2) is 13.2 Å². The van der Waals surface area contributed by atoms with Gasteiger partial charge in [-0.3, -0.25) is 0 Å². The van der Waals surface area contributed by atoms with E-state index in [1.54, 1.807) is 12.1 Å². The van der Waals surface area contributed by atoms with Gasteiger partial charge in [0, 0.05) is 11.7 Å². The molecule has 0 bridgehead atoms. The second-order valence-electron chi connectivity index (χ2n) is 4.58. The fourth-order valence-electron chi connectivity index (χ4n) is 1.99. The van der Waals surface area contributed by atoms with Crippen LogP contribution >= 0.6 is 12.2 Å². The Kier molecular flexibility index (Phi) is 4.24. The number of hydrogen-bond acceptors (Lipinski definition) is 4. The Morgan fingerprint density at radius 3 is 2.75 bits per heavy atom. The van der Waals surface area contributed by atoms with E-state index >= 15 is 0 Å². The maximum absolute atomic E-state index is 11.3. The molecule has 0 unspecified atom stereocenters. The lowest BCUT2D eigenvalue weighted by atomic mass is 10.2. The third-order valence-corrected chi connectivity index (χ3v) is 4.92. The lowest BCUT2D eigenvalue weighted by Gasteiger charge is -2.15. The topological polar surface area (TPSA) is 95.5 Å². The first kappa shape index (κ1) is 14.7. The highest BCUT2D eigenvalue weighted by atomic mass is 32.2. The maximum atomic E-state index is 11.3. The Labute approximate surface area is 122 Å². The van der Waals surface area contributed by atoms with Gasteiger partial charge in [-0.15, -0.1) is 0 Å². The zero-order chi connectivity index (χ0) is 14.8. The lowest BCUT2D eigenvalue weighted by Crippen LogP contribution is -2.38. The number of benzene rings is 1. The van der Waals surface area contributed by atoms with Gasteiger partial charge < -0.3 is 15.7 Å². The molecule has 1 heterocycles. The van der Waals surface area contributed by atoms with E-state index in [1.807, 2.05) is 0 Å². The van der Waals surface area contributed by atoms with E-state index < -0.39 is 15.8 Å². The zero-order valence-corrected chi connectivity index (χ0v) is 12.1. The minimum atomic E-state index is -2.96. The number of aromatic carboxylic acids is 1. The van der Waals surface area contributed by atoms with Crippen molar-refractivity contribution in [1.29, 1.82) is 0 Å². The highest BCUT2D eigenvalue weighted by Gasteiger charge is 2.28. The van der Waals surface area contributed by atoms with Crippen molar-refractivity contribution in [2.45, 2.75) is 12.5 Å². The smallest absolute Gasteiger partial charge is 0.335 e. The Balaban J connectivity index is 1.95. The van der Waals surface area contributed by atoms with Crippen LogP contribution in [0, 0.1) is 0 Å². The van der Waals surface area contributed by atoms with Crippen LogP contribution in [-0.2, 0) is 9.84 Å². The summed E-state index contributed by atoms with van der Waals surface area (Å²) in [6, 6.07) is 6.04. The normalized spacial score (nSPS) is 20.3. The van der Waals surface area contributed by atoms with E-state index in [4.69, 9.17) is 17.3 Å². The first-order valence-corrected chi connectivity index (χ1v) is 8.20. The number of carboxylic acid groups (broad SMARTS) is 1. The van der Waals surface area contributed by atoms with Gasteiger partial charge in [-0.1, -0.05) is 6.07 Å². The van der Waals surface area contributed by atoms with E-state index in [2.05, 4.69) is 10.6 Å². The Morgan fingerprint density at radius 1 is 1.40 bits per heavy atom. The van der Waals surface area contributed by atoms with Crippen molar-refractivity contribution < 1.29 is 18.3 Å². The summed E-state index contributed by atoms with van der Waals surface area (Å²) in [6.45, 7) is 0. The van der Waals surface area contributed by atoms with Gasteiger partial charge in [0.05, 0.1) is 17.1 Å². The second-order valence-corrected chi connectivity index (χ2v) is 7.22. The molecule has 1 aliphatic heterocycles. The number of rotatable bonds is 3. The molecule has 0 amide bonds. The van der Waals surface area contributed by atoms with Crippen LogP contribution in [0.5, 0.6) is 0 Å². The largest absolute Gasteiger partial charge is 0.478 e. The van der Waals surface area contributed by atoms with Gasteiger partial charge in [0.1, 0.15) is 0 Å². The van der Waals surface area contributed by atoms with Crippen LogP contribution in [0.2, 0.25) is 0 Å². The maximum Gasteiger partial charge on any atom is 0.335 e. The molecule has 1 atom stereocenters. The Hall–Kier alpha value is -1.67. The van der Waals surface area contributed by atoms with E-state index in [-0.39, 0.29) is 28.2 Å². The van der Waals surface area contributed by atoms with Crippen molar-refractivity contribution >= 4 is 38.8 Å². The highest BCUT2D eigenvalue weighted by molar-refractivity contribution is 7.91.